The lowest BCUT2D eigenvalue weighted by Gasteiger charge is -2.23. The van der Waals surface area contributed by atoms with Crippen molar-refractivity contribution in [3.63, 3.8) is 0 Å². The van der Waals surface area contributed by atoms with Crippen LogP contribution >= 0.6 is 0 Å². The number of hydrogen-bond donors (Lipinski definition) is 0. The fourth-order valence-corrected chi connectivity index (χ4v) is 3.35. The molecule has 0 saturated heterocycles. The highest BCUT2D eigenvalue weighted by Gasteiger charge is 2.28. The molecule has 0 spiro atoms. The van der Waals surface area contributed by atoms with Crippen molar-refractivity contribution in [2.24, 2.45) is 11.8 Å². The number of hydrogen-bond acceptors (Lipinski definition) is 1. The van der Waals surface area contributed by atoms with Gasteiger partial charge < -0.3 is 0 Å². The van der Waals surface area contributed by atoms with Crippen molar-refractivity contribution in [3.8, 4) is 0 Å². The smallest absolute Gasteiger partial charge is 0.140 e. The number of ketones is 1. The quantitative estimate of drug-likeness (QED) is 0.704. The summed E-state index contributed by atoms with van der Waals surface area (Å²) in [5.41, 5.74) is 1.21. The van der Waals surface area contributed by atoms with Crippen molar-refractivity contribution >= 4 is 5.78 Å². The SMILES string of the molecule is CCC(C)C(C(=O)CC1CCCC1)c1ccccc1. The van der Waals surface area contributed by atoms with Crippen molar-refractivity contribution in [2.45, 2.75) is 58.3 Å². The largest absolute Gasteiger partial charge is 0.299 e. The summed E-state index contributed by atoms with van der Waals surface area (Å²) < 4.78 is 0. The summed E-state index contributed by atoms with van der Waals surface area (Å²) in [5, 5.41) is 0. The van der Waals surface area contributed by atoms with Gasteiger partial charge in [0.05, 0.1) is 0 Å². The van der Waals surface area contributed by atoms with E-state index >= 15 is 0 Å². The molecule has 1 aromatic rings. The molecule has 2 unspecified atom stereocenters. The Labute approximate surface area is 117 Å². The van der Waals surface area contributed by atoms with Crippen molar-refractivity contribution in [2.75, 3.05) is 0 Å². The normalized spacial score (nSPS) is 19.3. The van der Waals surface area contributed by atoms with E-state index in [9.17, 15) is 4.79 Å². The molecular weight excluding hydrogens is 232 g/mol. The number of carbonyl (C=O) groups excluding carboxylic acids is 1. The van der Waals surface area contributed by atoms with Gasteiger partial charge in [-0.15, -0.1) is 0 Å². The van der Waals surface area contributed by atoms with E-state index in [1.165, 1.54) is 31.2 Å². The highest BCUT2D eigenvalue weighted by atomic mass is 16.1. The second-order valence-corrected chi connectivity index (χ2v) is 6.09. The Morgan fingerprint density at radius 3 is 2.42 bits per heavy atom. The zero-order valence-corrected chi connectivity index (χ0v) is 12.3. The summed E-state index contributed by atoms with van der Waals surface area (Å²) in [5.74, 6) is 1.67. The van der Waals surface area contributed by atoms with Crippen LogP contribution < -0.4 is 0 Å². The van der Waals surface area contributed by atoms with Gasteiger partial charge in [0.2, 0.25) is 0 Å². The summed E-state index contributed by atoms with van der Waals surface area (Å²) in [6.45, 7) is 4.40. The zero-order valence-electron chi connectivity index (χ0n) is 12.3. The maximum atomic E-state index is 12.7. The fourth-order valence-electron chi connectivity index (χ4n) is 3.35. The molecule has 1 aromatic carbocycles. The van der Waals surface area contributed by atoms with Crippen molar-refractivity contribution in [1.29, 1.82) is 0 Å². The molecule has 0 N–H and O–H groups in total. The Kier molecular flexibility index (Phi) is 5.18. The standard InChI is InChI=1S/C18H26O/c1-3-14(2)18(16-11-5-4-6-12-16)17(19)13-15-9-7-8-10-15/h4-6,11-12,14-15,18H,3,7-10,13H2,1-2H3. The molecule has 0 amide bonds. The minimum absolute atomic E-state index is 0.104. The van der Waals surface area contributed by atoms with E-state index in [0.717, 1.165) is 12.8 Å². The Morgan fingerprint density at radius 1 is 1.21 bits per heavy atom. The Balaban J connectivity index is 2.10. The van der Waals surface area contributed by atoms with Gasteiger partial charge in [-0.05, 0) is 17.4 Å². The third-order valence-electron chi connectivity index (χ3n) is 4.68. The zero-order chi connectivity index (χ0) is 13.7. The topological polar surface area (TPSA) is 17.1 Å². The first kappa shape index (κ1) is 14.3. The van der Waals surface area contributed by atoms with Crippen LogP contribution in [0.1, 0.15) is 63.9 Å². The predicted molar refractivity (Wildman–Crippen MR) is 80.2 cm³/mol. The average molecular weight is 258 g/mol. The van der Waals surface area contributed by atoms with E-state index in [1.54, 1.807) is 0 Å². The van der Waals surface area contributed by atoms with E-state index < -0.39 is 0 Å². The highest BCUT2D eigenvalue weighted by Crippen LogP contribution is 2.34. The lowest BCUT2D eigenvalue weighted by Crippen LogP contribution is -2.21. The van der Waals surface area contributed by atoms with Crippen LogP contribution in [-0.4, -0.2) is 5.78 Å². The highest BCUT2D eigenvalue weighted by molar-refractivity contribution is 5.86. The van der Waals surface area contributed by atoms with Gasteiger partial charge >= 0.3 is 0 Å². The van der Waals surface area contributed by atoms with Gasteiger partial charge in [0.15, 0.2) is 0 Å². The lowest BCUT2D eigenvalue weighted by molar-refractivity contribution is -0.122. The van der Waals surface area contributed by atoms with Crippen LogP contribution in [0.15, 0.2) is 30.3 Å². The second kappa shape index (κ2) is 6.88. The molecule has 1 aliphatic rings. The first-order valence-electron chi connectivity index (χ1n) is 7.80. The molecule has 1 nitrogen and oxygen atoms in total. The monoisotopic (exact) mass is 258 g/mol. The van der Waals surface area contributed by atoms with E-state index in [-0.39, 0.29) is 5.92 Å². The molecule has 1 fully saturated rings. The predicted octanol–water partition coefficient (Wildman–Crippen LogP) is 4.97. The number of rotatable bonds is 6. The second-order valence-electron chi connectivity index (χ2n) is 6.09. The third-order valence-corrected chi connectivity index (χ3v) is 4.68. The Hall–Kier alpha value is -1.11. The number of benzene rings is 1. The molecule has 0 bridgehead atoms. The van der Waals surface area contributed by atoms with Gasteiger partial charge in [-0.25, -0.2) is 0 Å². The maximum Gasteiger partial charge on any atom is 0.140 e. The summed E-state index contributed by atoms with van der Waals surface area (Å²) in [6, 6.07) is 10.4. The maximum absolute atomic E-state index is 12.7. The third kappa shape index (κ3) is 3.68. The van der Waals surface area contributed by atoms with E-state index in [4.69, 9.17) is 0 Å². The van der Waals surface area contributed by atoms with Crippen LogP contribution in [0.25, 0.3) is 0 Å². The molecule has 1 saturated carbocycles. The summed E-state index contributed by atoms with van der Waals surface area (Å²) in [4.78, 5) is 12.7. The molecule has 0 heterocycles. The summed E-state index contributed by atoms with van der Waals surface area (Å²) >= 11 is 0. The molecule has 0 aliphatic heterocycles. The van der Waals surface area contributed by atoms with Gasteiger partial charge in [-0.3, -0.25) is 4.79 Å². The minimum atomic E-state index is 0.104. The van der Waals surface area contributed by atoms with Crippen LogP contribution in [0.2, 0.25) is 0 Å². The van der Waals surface area contributed by atoms with Crippen molar-refractivity contribution < 1.29 is 4.79 Å². The summed E-state index contributed by atoms with van der Waals surface area (Å²) in [7, 11) is 0. The van der Waals surface area contributed by atoms with E-state index in [1.807, 2.05) is 18.2 Å². The summed E-state index contributed by atoms with van der Waals surface area (Å²) in [6.07, 6.45) is 7.01. The molecule has 2 atom stereocenters. The van der Waals surface area contributed by atoms with Crippen LogP contribution in [0, 0.1) is 11.8 Å². The van der Waals surface area contributed by atoms with E-state index in [0.29, 0.717) is 17.6 Å². The Bertz CT molecular complexity index is 389. The number of carbonyl (C=O) groups is 1. The van der Waals surface area contributed by atoms with Crippen LogP contribution in [0.3, 0.4) is 0 Å². The molecule has 1 aliphatic carbocycles. The van der Waals surface area contributed by atoms with E-state index in [2.05, 4.69) is 26.0 Å². The van der Waals surface area contributed by atoms with Gasteiger partial charge in [0.1, 0.15) is 5.78 Å². The van der Waals surface area contributed by atoms with Crippen LogP contribution in [-0.2, 0) is 4.79 Å². The minimum Gasteiger partial charge on any atom is -0.299 e. The van der Waals surface area contributed by atoms with Crippen LogP contribution in [0.4, 0.5) is 0 Å². The van der Waals surface area contributed by atoms with Crippen LogP contribution in [0.5, 0.6) is 0 Å². The molecule has 104 valence electrons. The Morgan fingerprint density at radius 2 is 1.84 bits per heavy atom. The van der Waals surface area contributed by atoms with Gasteiger partial charge in [0.25, 0.3) is 0 Å². The van der Waals surface area contributed by atoms with Gasteiger partial charge in [-0.2, -0.15) is 0 Å². The molecular formula is C18H26O. The number of Topliss-reactive ketones (excluding diaryl/α,β-unsaturated/α-hetero) is 1. The van der Waals surface area contributed by atoms with Crippen molar-refractivity contribution in [1.82, 2.24) is 0 Å². The fraction of sp³-hybridized carbons (Fsp3) is 0.611. The molecule has 19 heavy (non-hydrogen) atoms. The first-order valence-corrected chi connectivity index (χ1v) is 7.80. The molecule has 2 rings (SSSR count). The molecule has 0 radical (unpaired) electrons. The lowest BCUT2D eigenvalue weighted by atomic mass is 9.79. The first-order chi connectivity index (χ1) is 9.22. The molecule has 1 heteroatoms. The molecule has 0 aromatic heterocycles. The van der Waals surface area contributed by atoms with Gasteiger partial charge in [-0.1, -0.05) is 76.3 Å². The average Bonchev–Trinajstić information content (AvgIpc) is 2.93. The van der Waals surface area contributed by atoms with Crippen molar-refractivity contribution in [3.05, 3.63) is 35.9 Å². The van der Waals surface area contributed by atoms with Gasteiger partial charge in [0, 0.05) is 12.3 Å².